The van der Waals surface area contributed by atoms with Gasteiger partial charge in [0.1, 0.15) is 5.54 Å². The van der Waals surface area contributed by atoms with Crippen LogP contribution < -0.4 is 5.32 Å². The van der Waals surface area contributed by atoms with Gasteiger partial charge in [-0.25, -0.2) is 0 Å². The average Bonchev–Trinajstić information content (AvgIpc) is 2.77. The molecule has 0 aliphatic heterocycles. The van der Waals surface area contributed by atoms with Gasteiger partial charge in [0.05, 0.1) is 6.54 Å². The SMILES string of the molecule is CCC(CC)(NCCn1cccn1)C(=O)O. The van der Waals surface area contributed by atoms with Crippen LogP contribution in [0, 0.1) is 0 Å². The van der Waals surface area contributed by atoms with Crippen molar-refractivity contribution in [2.24, 2.45) is 0 Å². The van der Waals surface area contributed by atoms with Crippen molar-refractivity contribution in [2.75, 3.05) is 6.54 Å². The predicted octanol–water partition coefficient (Wildman–Crippen LogP) is 1.12. The molecule has 0 atom stereocenters. The molecule has 1 aromatic heterocycles. The first-order chi connectivity index (χ1) is 7.64. The molecule has 0 unspecified atom stereocenters. The molecule has 2 N–H and O–H groups in total. The Morgan fingerprint density at radius 2 is 2.19 bits per heavy atom. The van der Waals surface area contributed by atoms with Crippen molar-refractivity contribution in [3.63, 3.8) is 0 Å². The first-order valence-electron chi connectivity index (χ1n) is 5.60. The maximum atomic E-state index is 11.2. The number of aromatic nitrogens is 2. The Balaban J connectivity index is 2.47. The van der Waals surface area contributed by atoms with Gasteiger partial charge in [0.15, 0.2) is 0 Å². The zero-order valence-corrected chi connectivity index (χ0v) is 9.81. The lowest BCUT2D eigenvalue weighted by Crippen LogP contribution is -2.52. The van der Waals surface area contributed by atoms with E-state index in [-0.39, 0.29) is 0 Å². The fourth-order valence-corrected chi connectivity index (χ4v) is 1.72. The second-order valence-corrected chi connectivity index (χ2v) is 3.79. The van der Waals surface area contributed by atoms with Crippen molar-refractivity contribution in [1.82, 2.24) is 15.1 Å². The minimum Gasteiger partial charge on any atom is -0.480 e. The van der Waals surface area contributed by atoms with E-state index in [1.54, 1.807) is 10.9 Å². The van der Waals surface area contributed by atoms with Crippen LogP contribution in [-0.4, -0.2) is 32.9 Å². The molecule has 1 aromatic rings. The highest BCUT2D eigenvalue weighted by atomic mass is 16.4. The fraction of sp³-hybridized carbons (Fsp3) is 0.636. The number of nitrogens with one attached hydrogen (secondary N) is 1. The van der Waals surface area contributed by atoms with Crippen LogP contribution in [0.2, 0.25) is 0 Å². The number of aliphatic carboxylic acids is 1. The molecule has 0 aliphatic carbocycles. The van der Waals surface area contributed by atoms with Crippen LogP contribution in [0.4, 0.5) is 0 Å². The molecular weight excluding hydrogens is 206 g/mol. The van der Waals surface area contributed by atoms with Crippen LogP contribution >= 0.6 is 0 Å². The Bertz CT molecular complexity index is 318. The van der Waals surface area contributed by atoms with Crippen molar-refractivity contribution in [2.45, 2.75) is 38.8 Å². The van der Waals surface area contributed by atoms with Gasteiger partial charge in [-0.15, -0.1) is 0 Å². The summed E-state index contributed by atoms with van der Waals surface area (Å²) in [6, 6.07) is 1.85. The lowest BCUT2D eigenvalue weighted by atomic mass is 9.93. The summed E-state index contributed by atoms with van der Waals surface area (Å²) in [7, 11) is 0. The largest absolute Gasteiger partial charge is 0.480 e. The maximum Gasteiger partial charge on any atom is 0.323 e. The van der Waals surface area contributed by atoms with Gasteiger partial charge in [0.2, 0.25) is 0 Å². The number of rotatable bonds is 7. The van der Waals surface area contributed by atoms with Crippen molar-refractivity contribution < 1.29 is 9.90 Å². The molecule has 90 valence electrons. The van der Waals surface area contributed by atoms with E-state index in [0.29, 0.717) is 25.9 Å². The topological polar surface area (TPSA) is 67.2 Å². The summed E-state index contributed by atoms with van der Waals surface area (Å²) in [6.45, 7) is 5.06. The van der Waals surface area contributed by atoms with E-state index in [4.69, 9.17) is 0 Å². The minimum absolute atomic E-state index is 0.581. The van der Waals surface area contributed by atoms with Crippen molar-refractivity contribution in [3.05, 3.63) is 18.5 Å². The van der Waals surface area contributed by atoms with Crippen LogP contribution in [0.5, 0.6) is 0 Å². The van der Waals surface area contributed by atoms with E-state index in [0.717, 1.165) is 0 Å². The highest BCUT2D eigenvalue weighted by Gasteiger charge is 2.33. The van der Waals surface area contributed by atoms with Crippen LogP contribution in [0.25, 0.3) is 0 Å². The maximum absolute atomic E-state index is 11.2. The van der Waals surface area contributed by atoms with Crippen LogP contribution in [0.15, 0.2) is 18.5 Å². The fourth-order valence-electron chi connectivity index (χ4n) is 1.72. The Hall–Kier alpha value is -1.36. The summed E-state index contributed by atoms with van der Waals surface area (Å²) in [5.74, 6) is -0.780. The number of hydrogen-bond acceptors (Lipinski definition) is 3. The molecule has 16 heavy (non-hydrogen) atoms. The van der Waals surface area contributed by atoms with Gasteiger partial charge in [0, 0.05) is 18.9 Å². The monoisotopic (exact) mass is 225 g/mol. The summed E-state index contributed by atoms with van der Waals surface area (Å²) in [5.41, 5.74) is -0.798. The van der Waals surface area contributed by atoms with Crippen molar-refractivity contribution in [1.29, 1.82) is 0 Å². The van der Waals surface area contributed by atoms with E-state index < -0.39 is 11.5 Å². The van der Waals surface area contributed by atoms with Gasteiger partial charge in [-0.1, -0.05) is 13.8 Å². The van der Waals surface area contributed by atoms with E-state index in [1.165, 1.54) is 0 Å². The Morgan fingerprint density at radius 3 is 2.62 bits per heavy atom. The van der Waals surface area contributed by atoms with E-state index in [1.807, 2.05) is 26.1 Å². The lowest BCUT2D eigenvalue weighted by molar-refractivity contribution is -0.145. The van der Waals surface area contributed by atoms with Gasteiger partial charge < -0.3 is 10.4 Å². The number of carboxylic acid groups (broad SMARTS) is 1. The number of carbonyl (C=O) groups is 1. The van der Waals surface area contributed by atoms with Crippen LogP contribution in [-0.2, 0) is 11.3 Å². The first-order valence-corrected chi connectivity index (χ1v) is 5.60. The lowest BCUT2D eigenvalue weighted by Gasteiger charge is -2.28. The molecular formula is C11H19N3O2. The number of nitrogens with zero attached hydrogens (tertiary/aromatic N) is 2. The summed E-state index contributed by atoms with van der Waals surface area (Å²) in [6.07, 6.45) is 4.74. The Labute approximate surface area is 95.5 Å². The molecule has 0 amide bonds. The summed E-state index contributed by atoms with van der Waals surface area (Å²) in [5, 5.41) is 16.4. The van der Waals surface area contributed by atoms with Crippen LogP contribution in [0.1, 0.15) is 26.7 Å². The second kappa shape index (κ2) is 5.65. The van der Waals surface area contributed by atoms with Crippen LogP contribution in [0.3, 0.4) is 0 Å². The smallest absolute Gasteiger partial charge is 0.323 e. The summed E-state index contributed by atoms with van der Waals surface area (Å²) in [4.78, 5) is 11.2. The van der Waals surface area contributed by atoms with E-state index in [9.17, 15) is 9.90 Å². The van der Waals surface area contributed by atoms with Gasteiger partial charge in [-0.05, 0) is 18.9 Å². The molecule has 0 radical (unpaired) electrons. The Kier molecular flexibility index (Phi) is 4.49. The molecule has 0 fully saturated rings. The van der Waals surface area contributed by atoms with Gasteiger partial charge >= 0.3 is 5.97 Å². The number of carboxylic acids is 1. The zero-order chi connectivity index (χ0) is 12.0. The number of hydrogen-bond donors (Lipinski definition) is 2. The van der Waals surface area contributed by atoms with Gasteiger partial charge in [-0.3, -0.25) is 9.48 Å². The molecule has 5 nitrogen and oxygen atoms in total. The molecule has 5 heteroatoms. The van der Waals surface area contributed by atoms with E-state index in [2.05, 4.69) is 10.4 Å². The van der Waals surface area contributed by atoms with Gasteiger partial charge in [0.25, 0.3) is 0 Å². The normalized spacial score (nSPS) is 11.6. The highest BCUT2D eigenvalue weighted by molar-refractivity contribution is 5.78. The second-order valence-electron chi connectivity index (χ2n) is 3.79. The molecule has 0 saturated carbocycles. The van der Waals surface area contributed by atoms with E-state index >= 15 is 0 Å². The minimum atomic E-state index is -0.798. The Morgan fingerprint density at radius 1 is 1.50 bits per heavy atom. The third-order valence-electron chi connectivity index (χ3n) is 2.98. The average molecular weight is 225 g/mol. The summed E-state index contributed by atoms with van der Waals surface area (Å²) < 4.78 is 1.78. The van der Waals surface area contributed by atoms with Gasteiger partial charge in [-0.2, -0.15) is 5.10 Å². The standard InChI is InChI=1S/C11H19N3O2/c1-3-11(4-2,10(15)16)12-7-9-14-8-5-6-13-14/h5-6,8,12H,3-4,7,9H2,1-2H3,(H,15,16). The third kappa shape index (κ3) is 2.82. The molecule has 0 saturated heterocycles. The highest BCUT2D eigenvalue weighted by Crippen LogP contribution is 2.14. The van der Waals surface area contributed by atoms with Crippen molar-refractivity contribution in [3.8, 4) is 0 Å². The molecule has 0 spiro atoms. The molecule has 1 rings (SSSR count). The predicted molar refractivity (Wildman–Crippen MR) is 61.2 cm³/mol. The summed E-state index contributed by atoms with van der Waals surface area (Å²) >= 11 is 0. The first kappa shape index (κ1) is 12.7. The zero-order valence-electron chi connectivity index (χ0n) is 9.81. The molecule has 1 heterocycles. The molecule has 0 bridgehead atoms. The quantitative estimate of drug-likeness (QED) is 0.729. The van der Waals surface area contributed by atoms with Crippen molar-refractivity contribution >= 4 is 5.97 Å². The molecule has 0 aliphatic rings. The molecule has 0 aromatic carbocycles. The third-order valence-corrected chi connectivity index (χ3v) is 2.98.